The van der Waals surface area contributed by atoms with Gasteiger partial charge in [0.1, 0.15) is 11.9 Å². The largest absolute Gasteiger partial charge is 0.385 e. The van der Waals surface area contributed by atoms with E-state index in [4.69, 9.17) is 5.11 Å². The number of hydrogen-bond acceptors (Lipinski definition) is 2. The van der Waals surface area contributed by atoms with E-state index in [1.807, 2.05) is 0 Å². The first-order chi connectivity index (χ1) is 6.41. The highest BCUT2D eigenvalue weighted by molar-refractivity contribution is 6.22. The molecule has 3 nitrogen and oxygen atoms in total. The molecule has 1 unspecified atom stereocenters. The zero-order chi connectivity index (χ0) is 10.8. The average molecular weight is 225 g/mol. The maximum atomic E-state index is 12.3. The molecule has 80 valence electrons. The molecular formula is C8H11ClF2N2O. The van der Waals surface area contributed by atoms with Crippen molar-refractivity contribution in [2.75, 3.05) is 0 Å². The second kappa shape index (κ2) is 4.23. The number of nitrogens with zero attached hydrogens (tertiary/aromatic N) is 2. The van der Waals surface area contributed by atoms with Gasteiger partial charge in [-0.3, -0.25) is 0 Å². The molecule has 1 aromatic heterocycles. The van der Waals surface area contributed by atoms with Gasteiger partial charge in [-0.2, -0.15) is 8.78 Å². The zero-order valence-corrected chi connectivity index (χ0v) is 8.38. The first-order valence-corrected chi connectivity index (χ1v) is 4.50. The van der Waals surface area contributed by atoms with E-state index < -0.39 is 11.5 Å². The van der Waals surface area contributed by atoms with Crippen LogP contribution in [0.5, 0.6) is 0 Å². The summed E-state index contributed by atoms with van der Waals surface area (Å²) in [5, 5.41) is 5.39. The Balaban J connectivity index is 2.46. The van der Waals surface area contributed by atoms with E-state index in [2.05, 4.69) is 16.6 Å². The van der Waals surface area contributed by atoms with Crippen LogP contribution in [0.2, 0.25) is 0 Å². The van der Waals surface area contributed by atoms with Crippen molar-refractivity contribution in [1.29, 1.82) is 0 Å². The van der Waals surface area contributed by atoms with Gasteiger partial charge in [0.25, 0.3) is 0 Å². The number of aryl methyl sites for hydroxylation is 2. The molecule has 1 N–H and O–H groups in total. The van der Waals surface area contributed by atoms with Crippen LogP contribution in [0.25, 0.3) is 0 Å². The SMILES string of the molecule is Cn1ccnc1CCC(O)C(F)(F)Cl. The molecule has 0 aromatic carbocycles. The Labute approximate surface area is 85.3 Å². The number of aliphatic hydroxyl groups is 1. The van der Waals surface area contributed by atoms with Crippen LogP contribution in [0, 0.1) is 0 Å². The van der Waals surface area contributed by atoms with Crippen LogP contribution in [0.15, 0.2) is 12.4 Å². The summed E-state index contributed by atoms with van der Waals surface area (Å²) < 4.78 is 26.4. The first-order valence-electron chi connectivity index (χ1n) is 4.12. The molecule has 0 spiro atoms. The van der Waals surface area contributed by atoms with Gasteiger partial charge in [-0.25, -0.2) is 4.98 Å². The lowest BCUT2D eigenvalue weighted by atomic mass is 10.2. The second-order valence-electron chi connectivity index (χ2n) is 3.05. The molecular weight excluding hydrogens is 214 g/mol. The summed E-state index contributed by atoms with van der Waals surface area (Å²) in [5.41, 5.74) is 0. The van der Waals surface area contributed by atoms with Crippen molar-refractivity contribution < 1.29 is 13.9 Å². The fourth-order valence-electron chi connectivity index (χ4n) is 1.07. The molecule has 0 aliphatic carbocycles. The standard InChI is InChI=1S/C8H11ClF2N2O/c1-13-5-4-12-7(13)3-2-6(14)8(9,10)11/h4-6,14H,2-3H2,1H3. The molecule has 0 aliphatic rings. The lowest BCUT2D eigenvalue weighted by Gasteiger charge is -2.15. The topological polar surface area (TPSA) is 38.0 Å². The summed E-state index contributed by atoms with van der Waals surface area (Å²) >= 11 is 4.65. The fourth-order valence-corrected chi connectivity index (χ4v) is 1.18. The normalized spacial score (nSPS) is 14.4. The van der Waals surface area contributed by atoms with E-state index in [0.717, 1.165) is 0 Å². The van der Waals surface area contributed by atoms with Crippen LogP contribution < -0.4 is 0 Å². The monoisotopic (exact) mass is 224 g/mol. The summed E-state index contributed by atoms with van der Waals surface area (Å²) in [6.07, 6.45) is 1.61. The van der Waals surface area contributed by atoms with E-state index >= 15 is 0 Å². The summed E-state index contributed by atoms with van der Waals surface area (Å²) in [6.45, 7) is 0. The minimum Gasteiger partial charge on any atom is -0.385 e. The van der Waals surface area contributed by atoms with Crippen LogP contribution >= 0.6 is 11.6 Å². The van der Waals surface area contributed by atoms with Gasteiger partial charge in [0, 0.05) is 25.9 Å². The molecule has 1 atom stereocenters. The van der Waals surface area contributed by atoms with E-state index in [1.54, 1.807) is 24.0 Å². The molecule has 6 heteroatoms. The second-order valence-corrected chi connectivity index (χ2v) is 3.55. The van der Waals surface area contributed by atoms with Crippen LogP contribution in [0.4, 0.5) is 8.78 Å². The first kappa shape index (κ1) is 11.4. The van der Waals surface area contributed by atoms with Crippen molar-refractivity contribution in [2.45, 2.75) is 24.3 Å². The Morgan fingerprint density at radius 3 is 2.79 bits per heavy atom. The maximum absolute atomic E-state index is 12.3. The smallest absolute Gasteiger partial charge is 0.347 e. The predicted molar refractivity (Wildman–Crippen MR) is 48.3 cm³/mol. The van der Waals surface area contributed by atoms with Crippen molar-refractivity contribution in [2.24, 2.45) is 7.05 Å². The Kier molecular flexibility index (Phi) is 3.44. The molecule has 1 rings (SSSR count). The molecule has 0 fully saturated rings. The number of alkyl halides is 3. The van der Waals surface area contributed by atoms with Crippen molar-refractivity contribution in [3.05, 3.63) is 18.2 Å². The van der Waals surface area contributed by atoms with Gasteiger partial charge in [-0.1, -0.05) is 0 Å². The lowest BCUT2D eigenvalue weighted by Crippen LogP contribution is -2.28. The molecule has 0 bridgehead atoms. The van der Waals surface area contributed by atoms with Crippen molar-refractivity contribution in [1.82, 2.24) is 9.55 Å². The summed E-state index contributed by atoms with van der Waals surface area (Å²) in [6, 6.07) is 0. The summed E-state index contributed by atoms with van der Waals surface area (Å²) in [7, 11) is 1.76. The van der Waals surface area contributed by atoms with E-state index in [1.165, 1.54) is 0 Å². The van der Waals surface area contributed by atoms with Crippen molar-refractivity contribution in [3.63, 3.8) is 0 Å². The van der Waals surface area contributed by atoms with Gasteiger partial charge in [-0.15, -0.1) is 0 Å². The number of hydrogen-bond donors (Lipinski definition) is 1. The third-order valence-corrected chi connectivity index (χ3v) is 2.19. The lowest BCUT2D eigenvalue weighted by molar-refractivity contribution is -0.0442. The van der Waals surface area contributed by atoms with Gasteiger partial charge < -0.3 is 9.67 Å². The summed E-state index contributed by atoms with van der Waals surface area (Å²) in [5.74, 6) is 0.643. The molecule has 0 saturated heterocycles. The maximum Gasteiger partial charge on any atom is 0.347 e. The quantitative estimate of drug-likeness (QED) is 0.788. The van der Waals surface area contributed by atoms with Crippen LogP contribution in [0.1, 0.15) is 12.2 Å². The highest BCUT2D eigenvalue weighted by Gasteiger charge is 2.35. The van der Waals surface area contributed by atoms with Gasteiger partial charge in [0.15, 0.2) is 0 Å². The Morgan fingerprint density at radius 2 is 2.36 bits per heavy atom. The number of aromatic nitrogens is 2. The van der Waals surface area contributed by atoms with Crippen molar-refractivity contribution in [3.8, 4) is 0 Å². The van der Waals surface area contributed by atoms with Gasteiger partial charge >= 0.3 is 5.38 Å². The Morgan fingerprint density at radius 1 is 1.71 bits per heavy atom. The fraction of sp³-hybridized carbons (Fsp3) is 0.625. The third kappa shape index (κ3) is 2.92. The number of rotatable bonds is 4. The molecule has 1 aromatic rings. The highest BCUT2D eigenvalue weighted by Crippen LogP contribution is 2.26. The summed E-state index contributed by atoms with van der Waals surface area (Å²) in [4.78, 5) is 3.93. The number of halogens is 3. The molecule has 14 heavy (non-hydrogen) atoms. The third-order valence-electron chi connectivity index (χ3n) is 1.94. The minimum atomic E-state index is -3.56. The average Bonchev–Trinajstić information content (AvgIpc) is 2.45. The molecule has 0 radical (unpaired) electrons. The van der Waals surface area contributed by atoms with Crippen LogP contribution in [-0.2, 0) is 13.5 Å². The zero-order valence-electron chi connectivity index (χ0n) is 7.62. The van der Waals surface area contributed by atoms with Gasteiger partial charge in [-0.05, 0) is 18.0 Å². The molecule has 0 saturated carbocycles. The van der Waals surface area contributed by atoms with Gasteiger partial charge in [0.2, 0.25) is 0 Å². The van der Waals surface area contributed by atoms with E-state index in [9.17, 15) is 8.78 Å². The predicted octanol–water partition coefficient (Wildman–Crippen LogP) is 1.55. The number of aliphatic hydroxyl groups excluding tert-OH is 1. The van der Waals surface area contributed by atoms with E-state index in [0.29, 0.717) is 5.82 Å². The Hall–Kier alpha value is -0.680. The number of imidazole rings is 1. The molecule has 0 aliphatic heterocycles. The van der Waals surface area contributed by atoms with E-state index in [-0.39, 0.29) is 12.8 Å². The highest BCUT2D eigenvalue weighted by atomic mass is 35.5. The van der Waals surface area contributed by atoms with Gasteiger partial charge in [0.05, 0.1) is 0 Å². The minimum absolute atomic E-state index is 0.110. The van der Waals surface area contributed by atoms with Crippen molar-refractivity contribution >= 4 is 11.6 Å². The molecule has 0 amide bonds. The van der Waals surface area contributed by atoms with Crippen LogP contribution in [-0.4, -0.2) is 26.1 Å². The Bertz CT molecular complexity index is 298. The van der Waals surface area contributed by atoms with Crippen LogP contribution in [0.3, 0.4) is 0 Å². The molecule has 1 heterocycles.